The summed E-state index contributed by atoms with van der Waals surface area (Å²) in [7, 11) is 0. The molecule has 0 unspecified atom stereocenters. The number of aromatic amines is 1. The van der Waals surface area contributed by atoms with E-state index in [1.54, 1.807) is 0 Å². The number of hydrogen-bond acceptors (Lipinski definition) is 4. The van der Waals surface area contributed by atoms with Gasteiger partial charge in [-0.1, -0.05) is 26.1 Å². The minimum Gasteiger partial charge on any atom is -0.371 e. The molecule has 0 saturated carbocycles. The maximum absolute atomic E-state index is 9.19. The van der Waals surface area contributed by atoms with E-state index < -0.39 is 0 Å². The highest BCUT2D eigenvalue weighted by molar-refractivity contribution is 7.71. The molecule has 88 valence electrons. The lowest BCUT2D eigenvalue weighted by Gasteiger charge is -2.11. The summed E-state index contributed by atoms with van der Waals surface area (Å²) in [4.78, 5) is 2.91. The molecule has 0 aliphatic heterocycles. The molecule has 2 N–H and O–H groups in total. The highest BCUT2D eigenvalue weighted by Crippen LogP contribution is 2.21. The van der Waals surface area contributed by atoms with Gasteiger partial charge in [0.25, 0.3) is 0 Å². The average Bonchev–Trinajstić information content (AvgIpc) is 2.35. The number of pyridine rings is 1. The minimum absolute atomic E-state index is 0.391. The number of aromatic nitrogens is 1. The van der Waals surface area contributed by atoms with Crippen LogP contribution in [0.1, 0.15) is 37.0 Å². The number of hydrogen-bond donors (Lipinski definition) is 2. The summed E-state index contributed by atoms with van der Waals surface area (Å²) in [6.45, 7) is 4.71. The van der Waals surface area contributed by atoms with Crippen molar-refractivity contribution in [3.63, 3.8) is 0 Å². The Labute approximate surface area is 106 Å². The molecule has 0 atom stereocenters. The fourth-order valence-electron chi connectivity index (χ4n) is 1.63. The summed E-state index contributed by atoms with van der Waals surface area (Å²) in [6.07, 6.45) is 1.57. The van der Waals surface area contributed by atoms with Crippen molar-refractivity contribution in [1.29, 1.82) is 10.5 Å². The molecule has 0 amide bonds. The summed E-state index contributed by atoms with van der Waals surface area (Å²) in [5, 5.41) is 21.4. The molecule has 1 aromatic heterocycles. The van der Waals surface area contributed by atoms with Crippen LogP contribution in [0.3, 0.4) is 0 Å². The molecule has 1 aromatic rings. The third-order valence-electron chi connectivity index (χ3n) is 2.45. The Bertz CT molecular complexity index is 545. The summed E-state index contributed by atoms with van der Waals surface area (Å²) >= 11 is 5.12. The topological polar surface area (TPSA) is 75.4 Å². The first-order valence-corrected chi connectivity index (χ1v) is 5.93. The second-order valence-corrected chi connectivity index (χ2v) is 3.97. The SMILES string of the molecule is CCCNc1[nH]c(=S)c(C#N)c(CC)c1C#N. The van der Waals surface area contributed by atoms with Crippen LogP contribution in [0.25, 0.3) is 0 Å². The van der Waals surface area contributed by atoms with Crippen molar-refractivity contribution in [1.82, 2.24) is 4.98 Å². The van der Waals surface area contributed by atoms with E-state index in [1.807, 2.05) is 13.8 Å². The Hall–Kier alpha value is -1.85. The van der Waals surface area contributed by atoms with Crippen molar-refractivity contribution in [3.8, 4) is 12.1 Å². The Kier molecular flexibility index (Phi) is 4.68. The zero-order valence-electron chi connectivity index (χ0n) is 9.92. The zero-order chi connectivity index (χ0) is 12.8. The van der Waals surface area contributed by atoms with Crippen LogP contribution in [0.15, 0.2) is 0 Å². The van der Waals surface area contributed by atoms with Gasteiger partial charge in [0.2, 0.25) is 0 Å². The number of nitrogens with one attached hydrogen (secondary N) is 2. The van der Waals surface area contributed by atoms with Crippen molar-refractivity contribution in [3.05, 3.63) is 21.3 Å². The quantitative estimate of drug-likeness (QED) is 0.801. The highest BCUT2D eigenvalue weighted by Gasteiger charge is 2.13. The molecule has 0 aliphatic rings. The zero-order valence-corrected chi connectivity index (χ0v) is 10.7. The molecule has 0 saturated heterocycles. The van der Waals surface area contributed by atoms with Gasteiger partial charge < -0.3 is 10.3 Å². The van der Waals surface area contributed by atoms with Crippen LogP contribution >= 0.6 is 12.2 Å². The van der Waals surface area contributed by atoms with E-state index in [9.17, 15) is 5.26 Å². The number of anilines is 1. The average molecular weight is 246 g/mol. The Morgan fingerprint density at radius 3 is 2.35 bits per heavy atom. The summed E-state index contributed by atoms with van der Waals surface area (Å²) in [5.74, 6) is 0.621. The van der Waals surface area contributed by atoms with E-state index in [4.69, 9.17) is 17.5 Å². The van der Waals surface area contributed by atoms with Crippen LogP contribution < -0.4 is 5.32 Å². The summed E-state index contributed by atoms with van der Waals surface area (Å²) in [6, 6.07) is 4.19. The maximum atomic E-state index is 9.19. The van der Waals surface area contributed by atoms with Crippen molar-refractivity contribution in [2.24, 2.45) is 0 Å². The van der Waals surface area contributed by atoms with Gasteiger partial charge in [-0.2, -0.15) is 10.5 Å². The van der Waals surface area contributed by atoms with Gasteiger partial charge in [-0.15, -0.1) is 0 Å². The first-order chi connectivity index (χ1) is 8.19. The molecule has 0 bridgehead atoms. The molecule has 0 aliphatic carbocycles. The summed E-state index contributed by atoms with van der Waals surface area (Å²) in [5.41, 5.74) is 1.62. The van der Waals surface area contributed by atoms with E-state index in [0.29, 0.717) is 28.0 Å². The number of H-pyrrole nitrogens is 1. The van der Waals surface area contributed by atoms with E-state index in [-0.39, 0.29) is 0 Å². The molecule has 1 heterocycles. The normalized spacial score (nSPS) is 9.41. The Morgan fingerprint density at radius 2 is 1.88 bits per heavy atom. The first-order valence-electron chi connectivity index (χ1n) is 5.52. The number of nitriles is 2. The molecular formula is C12H14N4S. The van der Waals surface area contributed by atoms with Gasteiger partial charge in [-0.05, 0) is 18.4 Å². The predicted molar refractivity (Wildman–Crippen MR) is 69.2 cm³/mol. The Balaban J connectivity index is 3.45. The summed E-state index contributed by atoms with van der Waals surface area (Å²) < 4.78 is 0.391. The molecule has 4 nitrogen and oxygen atoms in total. The first kappa shape index (κ1) is 13.2. The largest absolute Gasteiger partial charge is 0.371 e. The fourth-order valence-corrected chi connectivity index (χ4v) is 1.90. The van der Waals surface area contributed by atoms with Gasteiger partial charge >= 0.3 is 0 Å². The van der Waals surface area contributed by atoms with Gasteiger partial charge in [0.1, 0.15) is 22.6 Å². The molecular weight excluding hydrogens is 232 g/mol. The predicted octanol–water partition coefficient (Wildman–Crippen LogP) is 2.87. The maximum Gasteiger partial charge on any atom is 0.123 e. The van der Waals surface area contributed by atoms with Crippen molar-refractivity contribution in [2.75, 3.05) is 11.9 Å². The van der Waals surface area contributed by atoms with Gasteiger partial charge in [-0.3, -0.25) is 0 Å². The fraction of sp³-hybridized carbons (Fsp3) is 0.417. The highest BCUT2D eigenvalue weighted by atomic mass is 32.1. The molecule has 17 heavy (non-hydrogen) atoms. The van der Waals surface area contributed by atoms with Gasteiger partial charge in [0.15, 0.2) is 0 Å². The van der Waals surface area contributed by atoms with Crippen LogP contribution in [-0.4, -0.2) is 11.5 Å². The molecule has 1 rings (SSSR count). The smallest absolute Gasteiger partial charge is 0.123 e. The molecule has 0 aromatic carbocycles. The van der Waals surface area contributed by atoms with Crippen molar-refractivity contribution >= 4 is 18.0 Å². The van der Waals surface area contributed by atoms with Crippen molar-refractivity contribution < 1.29 is 0 Å². The molecule has 5 heteroatoms. The van der Waals surface area contributed by atoms with E-state index in [2.05, 4.69) is 22.4 Å². The van der Waals surface area contributed by atoms with E-state index in [1.165, 1.54) is 0 Å². The number of rotatable bonds is 4. The lowest BCUT2D eigenvalue weighted by atomic mass is 10.0. The second-order valence-electron chi connectivity index (χ2n) is 3.56. The van der Waals surface area contributed by atoms with Gasteiger partial charge in [-0.25, -0.2) is 0 Å². The molecule has 0 radical (unpaired) electrons. The molecule has 0 fully saturated rings. The second kappa shape index (κ2) is 6.03. The van der Waals surface area contributed by atoms with Crippen LogP contribution in [0.5, 0.6) is 0 Å². The minimum atomic E-state index is 0.391. The van der Waals surface area contributed by atoms with Crippen LogP contribution in [0, 0.1) is 27.3 Å². The van der Waals surface area contributed by atoms with E-state index >= 15 is 0 Å². The third kappa shape index (κ3) is 2.64. The van der Waals surface area contributed by atoms with Crippen LogP contribution in [0.2, 0.25) is 0 Å². The third-order valence-corrected chi connectivity index (χ3v) is 2.75. The Morgan fingerprint density at radius 1 is 1.24 bits per heavy atom. The standard InChI is InChI=1S/C12H14N4S/c1-3-5-15-11-9(6-13)8(4-2)10(7-14)12(17)16-11/h3-5H2,1-2H3,(H2,15,16,17). The monoisotopic (exact) mass is 246 g/mol. The lowest BCUT2D eigenvalue weighted by molar-refractivity contribution is 0.961. The van der Waals surface area contributed by atoms with Crippen LogP contribution in [0.4, 0.5) is 5.82 Å². The lowest BCUT2D eigenvalue weighted by Crippen LogP contribution is -2.08. The number of nitrogens with zero attached hydrogens (tertiary/aromatic N) is 2. The van der Waals surface area contributed by atoms with Gasteiger partial charge in [0.05, 0.1) is 11.1 Å². The van der Waals surface area contributed by atoms with E-state index in [0.717, 1.165) is 18.5 Å². The van der Waals surface area contributed by atoms with Gasteiger partial charge in [0, 0.05) is 6.54 Å². The van der Waals surface area contributed by atoms with Crippen molar-refractivity contribution in [2.45, 2.75) is 26.7 Å². The van der Waals surface area contributed by atoms with Crippen LogP contribution in [-0.2, 0) is 6.42 Å². The molecule has 0 spiro atoms.